The molecule has 1 aromatic carbocycles. The van der Waals surface area contributed by atoms with Gasteiger partial charge >= 0.3 is 0 Å². The first-order valence-electron chi connectivity index (χ1n) is 5.91. The van der Waals surface area contributed by atoms with Gasteiger partial charge in [0.2, 0.25) is 5.91 Å². The zero-order chi connectivity index (χ0) is 13.3. The van der Waals surface area contributed by atoms with Gasteiger partial charge < -0.3 is 11.1 Å². The lowest BCUT2D eigenvalue weighted by molar-refractivity contribution is -0.119. The predicted molar refractivity (Wildman–Crippen MR) is 83.0 cm³/mol. The van der Waals surface area contributed by atoms with Crippen molar-refractivity contribution in [3.8, 4) is 0 Å². The molecule has 0 bridgehead atoms. The van der Waals surface area contributed by atoms with Crippen LogP contribution in [0.5, 0.6) is 0 Å². The van der Waals surface area contributed by atoms with Crippen LogP contribution in [0.15, 0.2) is 18.2 Å². The molecular formula is C13H18ClN3OS. The van der Waals surface area contributed by atoms with Crippen molar-refractivity contribution in [2.45, 2.75) is 26.8 Å². The van der Waals surface area contributed by atoms with Crippen LogP contribution >= 0.6 is 23.7 Å². The molecule has 0 fully saturated rings. The number of carbonyl (C=O) groups excluding carboxylic acids is 1. The highest BCUT2D eigenvalue weighted by Crippen LogP contribution is 2.28. The van der Waals surface area contributed by atoms with Gasteiger partial charge in [-0.25, -0.2) is 4.98 Å². The maximum atomic E-state index is 11.9. The zero-order valence-corrected chi connectivity index (χ0v) is 12.8. The average molecular weight is 300 g/mol. The van der Waals surface area contributed by atoms with Crippen molar-refractivity contribution in [2.24, 2.45) is 11.7 Å². The number of nitrogens with two attached hydrogens (primary N) is 1. The van der Waals surface area contributed by atoms with Crippen LogP contribution in [0.25, 0.3) is 10.2 Å². The van der Waals surface area contributed by atoms with Crippen molar-refractivity contribution in [3.63, 3.8) is 0 Å². The van der Waals surface area contributed by atoms with E-state index in [9.17, 15) is 4.79 Å². The van der Waals surface area contributed by atoms with Crippen LogP contribution in [0, 0.1) is 12.8 Å². The highest BCUT2D eigenvalue weighted by molar-refractivity contribution is 7.22. The van der Waals surface area contributed by atoms with Gasteiger partial charge in [0, 0.05) is 6.04 Å². The summed E-state index contributed by atoms with van der Waals surface area (Å²) in [5.41, 5.74) is 7.78. The van der Waals surface area contributed by atoms with Crippen molar-refractivity contribution in [1.82, 2.24) is 4.98 Å². The van der Waals surface area contributed by atoms with E-state index in [1.54, 1.807) is 0 Å². The molecule has 6 heteroatoms. The molecule has 2 aromatic rings. The summed E-state index contributed by atoms with van der Waals surface area (Å²) in [6.45, 7) is 5.66. The van der Waals surface area contributed by atoms with Gasteiger partial charge in [0.15, 0.2) is 5.13 Å². The number of hydrogen-bond donors (Lipinski definition) is 2. The SMILES string of the molecule is Cc1cccc2sc(NC(=O)C(C)C(C)N)nc12.Cl. The van der Waals surface area contributed by atoms with Crippen molar-refractivity contribution < 1.29 is 4.79 Å². The maximum Gasteiger partial charge on any atom is 0.230 e. The molecule has 0 radical (unpaired) electrons. The first kappa shape index (κ1) is 15.9. The summed E-state index contributed by atoms with van der Waals surface area (Å²) in [6, 6.07) is 5.84. The van der Waals surface area contributed by atoms with Crippen LogP contribution in [0.4, 0.5) is 5.13 Å². The van der Waals surface area contributed by atoms with Gasteiger partial charge in [-0.3, -0.25) is 4.79 Å². The fourth-order valence-electron chi connectivity index (χ4n) is 1.60. The fraction of sp³-hybridized carbons (Fsp3) is 0.385. The van der Waals surface area contributed by atoms with E-state index in [1.807, 2.05) is 39.0 Å². The Morgan fingerprint density at radius 2 is 2.11 bits per heavy atom. The standard InChI is InChI=1S/C13H17N3OS.ClH/c1-7-5-4-6-10-11(7)15-13(18-10)16-12(17)8(2)9(3)14;/h4-6,8-9H,14H2,1-3H3,(H,15,16,17);1H. The van der Waals surface area contributed by atoms with E-state index in [0.29, 0.717) is 5.13 Å². The number of aryl methyl sites for hydroxylation is 1. The molecule has 0 saturated carbocycles. The Kier molecular flexibility index (Phi) is 5.29. The van der Waals surface area contributed by atoms with E-state index < -0.39 is 0 Å². The van der Waals surface area contributed by atoms with E-state index in [0.717, 1.165) is 15.8 Å². The molecule has 4 nitrogen and oxygen atoms in total. The minimum absolute atomic E-state index is 0. The Balaban J connectivity index is 0.00000180. The van der Waals surface area contributed by atoms with Gasteiger partial charge in [-0.1, -0.05) is 30.4 Å². The molecule has 2 atom stereocenters. The molecule has 2 unspecified atom stereocenters. The number of benzene rings is 1. The smallest absolute Gasteiger partial charge is 0.230 e. The summed E-state index contributed by atoms with van der Waals surface area (Å²) in [4.78, 5) is 16.3. The number of anilines is 1. The second-order valence-electron chi connectivity index (χ2n) is 4.58. The largest absolute Gasteiger partial charge is 0.327 e. The fourth-order valence-corrected chi connectivity index (χ4v) is 2.54. The number of nitrogens with one attached hydrogen (secondary N) is 1. The Morgan fingerprint density at radius 1 is 1.42 bits per heavy atom. The zero-order valence-electron chi connectivity index (χ0n) is 11.1. The van der Waals surface area contributed by atoms with E-state index >= 15 is 0 Å². The number of fused-ring (bicyclic) bond motifs is 1. The Labute approximate surface area is 122 Å². The first-order valence-corrected chi connectivity index (χ1v) is 6.73. The molecule has 1 amide bonds. The molecule has 2 rings (SSSR count). The third kappa shape index (κ3) is 3.43. The lowest BCUT2D eigenvalue weighted by atomic mass is 10.0. The topological polar surface area (TPSA) is 68.0 Å². The average Bonchev–Trinajstić information content (AvgIpc) is 2.71. The third-order valence-electron chi connectivity index (χ3n) is 3.05. The Bertz CT molecular complexity index is 582. The van der Waals surface area contributed by atoms with Gasteiger partial charge in [-0.2, -0.15) is 0 Å². The molecule has 104 valence electrons. The molecule has 0 aliphatic rings. The summed E-state index contributed by atoms with van der Waals surface area (Å²) in [5, 5.41) is 3.46. The van der Waals surface area contributed by atoms with Crippen molar-refractivity contribution >= 4 is 45.0 Å². The van der Waals surface area contributed by atoms with Crippen LogP contribution in [-0.4, -0.2) is 16.9 Å². The number of thiazole rings is 1. The van der Waals surface area contributed by atoms with E-state index in [1.165, 1.54) is 11.3 Å². The van der Waals surface area contributed by atoms with Crippen LogP contribution in [0.3, 0.4) is 0 Å². The molecule has 1 heterocycles. The molecule has 0 spiro atoms. The van der Waals surface area contributed by atoms with Gasteiger partial charge in [0.05, 0.1) is 16.1 Å². The lowest BCUT2D eigenvalue weighted by Crippen LogP contribution is -2.34. The Hall–Kier alpha value is -1.17. The van der Waals surface area contributed by atoms with E-state index in [4.69, 9.17) is 5.73 Å². The van der Waals surface area contributed by atoms with Crippen molar-refractivity contribution in [1.29, 1.82) is 0 Å². The van der Waals surface area contributed by atoms with Crippen molar-refractivity contribution in [2.75, 3.05) is 5.32 Å². The number of rotatable bonds is 3. The molecule has 19 heavy (non-hydrogen) atoms. The van der Waals surface area contributed by atoms with E-state index in [2.05, 4.69) is 10.3 Å². The number of amides is 1. The van der Waals surface area contributed by atoms with Crippen molar-refractivity contribution in [3.05, 3.63) is 23.8 Å². The van der Waals surface area contributed by atoms with E-state index in [-0.39, 0.29) is 30.3 Å². The normalized spacial score (nSPS) is 13.7. The molecule has 0 saturated heterocycles. The number of aromatic nitrogens is 1. The molecule has 0 aliphatic carbocycles. The predicted octanol–water partition coefficient (Wildman–Crippen LogP) is 2.95. The number of nitrogens with zero attached hydrogens (tertiary/aromatic N) is 1. The van der Waals surface area contributed by atoms with Gasteiger partial charge in [-0.15, -0.1) is 12.4 Å². The summed E-state index contributed by atoms with van der Waals surface area (Å²) in [5.74, 6) is -0.306. The molecule has 0 aliphatic heterocycles. The monoisotopic (exact) mass is 299 g/mol. The summed E-state index contributed by atoms with van der Waals surface area (Å²) in [6.07, 6.45) is 0. The quantitative estimate of drug-likeness (QED) is 0.915. The van der Waals surface area contributed by atoms with Crippen LogP contribution in [0.2, 0.25) is 0 Å². The number of para-hydroxylation sites is 1. The summed E-state index contributed by atoms with van der Waals surface area (Å²) >= 11 is 1.49. The number of carbonyl (C=O) groups is 1. The first-order chi connectivity index (χ1) is 8.49. The highest BCUT2D eigenvalue weighted by Gasteiger charge is 2.18. The minimum Gasteiger partial charge on any atom is -0.327 e. The molecule has 1 aromatic heterocycles. The number of hydrogen-bond acceptors (Lipinski definition) is 4. The van der Waals surface area contributed by atoms with Crippen LogP contribution in [-0.2, 0) is 4.79 Å². The van der Waals surface area contributed by atoms with Gasteiger partial charge in [0.1, 0.15) is 0 Å². The molecular weight excluding hydrogens is 282 g/mol. The minimum atomic E-state index is -0.224. The van der Waals surface area contributed by atoms with Crippen LogP contribution in [0.1, 0.15) is 19.4 Å². The van der Waals surface area contributed by atoms with Crippen LogP contribution < -0.4 is 11.1 Å². The Morgan fingerprint density at radius 3 is 2.68 bits per heavy atom. The van der Waals surface area contributed by atoms with Gasteiger partial charge in [-0.05, 0) is 25.5 Å². The summed E-state index contributed by atoms with van der Waals surface area (Å²) < 4.78 is 1.08. The van der Waals surface area contributed by atoms with Gasteiger partial charge in [0.25, 0.3) is 0 Å². The second-order valence-corrected chi connectivity index (χ2v) is 5.61. The second kappa shape index (κ2) is 6.32. The maximum absolute atomic E-state index is 11.9. The lowest BCUT2D eigenvalue weighted by Gasteiger charge is -2.13. The molecule has 3 N–H and O–H groups in total. The highest BCUT2D eigenvalue weighted by atomic mass is 35.5. The summed E-state index contributed by atoms with van der Waals surface area (Å²) in [7, 11) is 0. The third-order valence-corrected chi connectivity index (χ3v) is 3.99. The number of halogens is 1.